The summed E-state index contributed by atoms with van der Waals surface area (Å²) in [4.78, 5) is 48.4. The Morgan fingerprint density at radius 1 is 0.886 bits per heavy atom. The molecule has 10 heteroatoms. The van der Waals surface area contributed by atoms with Gasteiger partial charge in [0.1, 0.15) is 5.60 Å². The molecule has 1 aromatic rings. The summed E-state index contributed by atoms with van der Waals surface area (Å²) in [5.74, 6) is -0.999. The number of epoxide rings is 1. The van der Waals surface area contributed by atoms with Crippen molar-refractivity contribution in [2.75, 3.05) is 0 Å². The Morgan fingerprint density at radius 3 is 2.06 bits per heavy atom. The van der Waals surface area contributed by atoms with Gasteiger partial charge in [-0.25, -0.2) is 4.79 Å². The Labute approximate surface area is 202 Å². The van der Waals surface area contributed by atoms with Gasteiger partial charge in [0.25, 0.3) is 11.4 Å². The van der Waals surface area contributed by atoms with E-state index in [-0.39, 0.29) is 27.6 Å². The SMILES string of the molecule is CC1(C)C[C@@]2(C)C[C@@](OC(=O)c3cc([N+](=O)[O-])cc([N+](=O)[O-])c3)(C1)[C@]13O[C@@]1(CC(C)(C)CC3=O)C2. The molecule has 1 aromatic carbocycles. The Bertz CT molecular complexity index is 1170. The van der Waals surface area contributed by atoms with Crippen molar-refractivity contribution in [1.29, 1.82) is 0 Å². The molecule has 1 aliphatic heterocycles. The minimum absolute atomic E-state index is 0.0775. The highest BCUT2D eigenvalue weighted by molar-refractivity contribution is 5.97. The molecule has 4 aliphatic rings. The Kier molecular flexibility index (Phi) is 4.54. The van der Waals surface area contributed by atoms with E-state index in [9.17, 15) is 29.8 Å². The highest BCUT2D eigenvalue weighted by Crippen LogP contribution is 2.77. The zero-order valence-electron chi connectivity index (χ0n) is 20.6. The summed E-state index contributed by atoms with van der Waals surface area (Å²) >= 11 is 0. The van der Waals surface area contributed by atoms with Gasteiger partial charge in [0.2, 0.25) is 0 Å². The molecule has 3 saturated carbocycles. The first kappa shape index (κ1) is 23.8. The summed E-state index contributed by atoms with van der Waals surface area (Å²) in [7, 11) is 0. The van der Waals surface area contributed by atoms with Gasteiger partial charge in [-0.3, -0.25) is 25.0 Å². The first-order chi connectivity index (χ1) is 16.0. The van der Waals surface area contributed by atoms with Gasteiger partial charge in [0, 0.05) is 18.6 Å². The number of hydrogen-bond acceptors (Lipinski definition) is 8. The normalized spacial score (nSPS) is 38.0. The standard InChI is InChI=1S/C25H30N2O8/c1-20(2)9-18(28)25-23(12-21(3,4)10-22(5,13-23)14-24(25,11-20)35-25)34-19(29)15-6-16(26(30)31)8-17(7-15)27(32)33/h6-8H,9-14H2,1-5H3/t22-,23-,24-,25-/m0/s1. The summed E-state index contributed by atoms with van der Waals surface area (Å²) in [6, 6.07) is 2.76. The lowest BCUT2D eigenvalue weighted by Crippen LogP contribution is -2.69. The number of hydrogen-bond donors (Lipinski definition) is 0. The van der Waals surface area contributed by atoms with Crippen LogP contribution in [0.4, 0.5) is 11.4 Å². The van der Waals surface area contributed by atoms with Crippen molar-refractivity contribution in [2.45, 2.75) is 89.9 Å². The van der Waals surface area contributed by atoms with E-state index in [1.54, 1.807) is 0 Å². The van der Waals surface area contributed by atoms with Gasteiger partial charge < -0.3 is 9.47 Å². The van der Waals surface area contributed by atoms with Crippen molar-refractivity contribution in [2.24, 2.45) is 16.2 Å². The summed E-state index contributed by atoms with van der Waals surface area (Å²) < 4.78 is 12.7. The molecule has 10 nitrogen and oxygen atoms in total. The number of non-ortho nitro benzene ring substituents is 2. The molecule has 5 rings (SSSR count). The van der Waals surface area contributed by atoms with Crippen molar-refractivity contribution in [3.63, 3.8) is 0 Å². The zero-order valence-corrected chi connectivity index (χ0v) is 20.6. The summed E-state index contributed by atoms with van der Waals surface area (Å²) in [6.45, 7) is 10.4. The average molecular weight is 487 g/mol. The predicted octanol–water partition coefficient (Wildman–Crippen LogP) is 4.92. The number of esters is 1. The van der Waals surface area contributed by atoms with Crippen molar-refractivity contribution in [3.8, 4) is 0 Å². The van der Waals surface area contributed by atoms with Gasteiger partial charge >= 0.3 is 5.97 Å². The lowest BCUT2D eigenvalue weighted by molar-refractivity contribution is -0.394. The van der Waals surface area contributed by atoms with E-state index in [4.69, 9.17) is 9.47 Å². The number of carbonyl (C=O) groups is 2. The number of nitro benzene ring substituents is 2. The van der Waals surface area contributed by atoms with E-state index in [2.05, 4.69) is 20.8 Å². The van der Waals surface area contributed by atoms with Gasteiger partial charge in [-0.1, -0.05) is 34.6 Å². The van der Waals surface area contributed by atoms with E-state index >= 15 is 0 Å². The lowest BCUT2D eigenvalue weighted by atomic mass is 9.44. The molecule has 3 aliphatic carbocycles. The fourth-order valence-electron chi connectivity index (χ4n) is 8.29. The average Bonchev–Trinajstić information content (AvgIpc) is 3.34. The molecular formula is C25H30N2O8. The van der Waals surface area contributed by atoms with Crippen molar-refractivity contribution >= 4 is 23.1 Å². The summed E-state index contributed by atoms with van der Waals surface area (Å²) in [5, 5.41) is 22.7. The van der Waals surface area contributed by atoms with Crippen LogP contribution in [-0.4, -0.2) is 38.4 Å². The lowest BCUT2D eigenvalue weighted by Gasteiger charge is -2.59. The topological polar surface area (TPSA) is 142 Å². The molecule has 0 N–H and O–H groups in total. The van der Waals surface area contributed by atoms with Gasteiger partial charge in [-0.2, -0.15) is 0 Å². The third kappa shape index (κ3) is 3.32. The number of benzene rings is 1. The quantitative estimate of drug-likeness (QED) is 0.253. The molecule has 35 heavy (non-hydrogen) atoms. The molecule has 4 fully saturated rings. The molecule has 4 atom stereocenters. The van der Waals surface area contributed by atoms with Gasteiger partial charge in [0.15, 0.2) is 17.0 Å². The van der Waals surface area contributed by atoms with E-state index in [0.717, 1.165) is 24.6 Å². The van der Waals surface area contributed by atoms with Crippen LogP contribution in [0.3, 0.4) is 0 Å². The van der Waals surface area contributed by atoms with Gasteiger partial charge in [0.05, 0.1) is 21.5 Å². The van der Waals surface area contributed by atoms with Crippen LogP contribution in [0, 0.1) is 36.5 Å². The van der Waals surface area contributed by atoms with Crippen LogP contribution in [0.5, 0.6) is 0 Å². The van der Waals surface area contributed by atoms with Crippen molar-refractivity contribution in [1.82, 2.24) is 0 Å². The van der Waals surface area contributed by atoms with E-state index in [0.29, 0.717) is 32.1 Å². The number of ether oxygens (including phenoxy) is 2. The molecular weight excluding hydrogens is 456 g/mol. The Morgan fingerprint density at radius 2 is 1.49 bits per heavy atom. The van der Waals surface area contributed by atoms with Crippen LogP contribution in [0.2, 0.25) is 0 Å². The van der Waals surface area contributed by atoms with Crippen LogP contribution in [-0.2, 0) is 14.3 Å². The van der Waals surface area contributed by atoms with Crippen LogP contribution in [0.25, 0.3) is 0 Å². The number of rotatable bonds is 4. The first-order valence-corrected chi connectivity index (χ1v) is 11.9. The molecule has 0 aromatic heterocycles. The highest BCUT2D eigenvalue weighted by atomic mass is 16.7. The molecule has 0 radical (unpaired) electrons. The number of nitro groups is 2. The van der Waals surface area contributed by atoms with Crippen molar-refractivity contribution in [3.05, 3.63) is 44.0 Å². The second kappa shape index (κ2) is 6.66. The monoisotopic (exact) mass is 486 g/mol. The van der Waals surface area contributed by atoms with Gasteiger partial charge in [-0.15, -0.1) is 0 Å². The fourth-order valence-corrected chi connectivity index (χ4v) is 8.29. The molecule has 1 saturated heterocycles. The molecule has 2 bridgehead atoms. The molecule has 0 amide bonds. The van der Waals surface area contributed by atoms with Crippen LogP contribution >= 0.6 is 0 Å². The highest BCUT2D eigenvalue weighted by Gasteiger charge is 2.90. The molecule has 0 unspecified atom stereocenters. The van der Waals surface area contributed by atoms with Gasteiger partial charge in [-0.05, 0) is 48.3 Å². The third-order valence-electron chi connectivity index (χ3n) is 8.33. The minimum Gasteiger partial charge on any atom is -0.452 e. The van der Waals surface area contributed by atoms with E-state index in [1.807, 2.05) is 13.8 Å². The maximum absolute atomic E-state index is 13.7. The zero-order chi connectivity index (χ0) is 25.8. The maximum Gasteiger partial charge on any atom is 0.339 e. The van der Waals surface area contributed by atoms with E-state index in [1.165, 1.54) is 0 Å². The summed E-state index contributed by atoms with van der Waals surface area (Å²) in [5.41, 5.74) is -5.43. The van der Waals surface area contributed by atoms with Crippen LogP contribution in [0.1, 0.15) is 83.5 Å². The molecule has 1 heterocycles. The Balaban J connectivity index is 1.61. The number of ketones is 1. The minimum atomic E-state index is -1.26. The first-order valence-electron chi connectivity index (χ1n) is 11.9. The number of Topliss-reactive ketones (excluding diaryl/α,β-unsaturated/α-hetero) is 1. The number of fused-ring (bicyclic) bond motifs is 2. The number of carbonyl (C=O) groups excluding carboxylic acids is 2. The fraction of sp³-hybridized carbons (Fsp3) is 0.680. The third-order valence-corrected chi connectivity index (χ3v) is 8.33. The second-order valence-corrected chi connectivity index (χ2v) is 13.0. The smallest absolute Gasteiger partial charge is 0.339 e. The van der Waals surface area contributed by atoms with Crippen LogP contribution < -0.4 is 0 Å². The summed E-state index contributed by atoms with van der Waals surface area (Å²) in [6.07, 6.45) is 3.36. The largest absolute Gasteiger partial charge is 0.452 e. The number of nitrogens with zero attached hydrogens (tertiary/aromatic N) is 2. The molecule has 188 valence electrons. The molecule has 0 spiro atoms. The van der Waals surface area contributed by atoms with Crippen molar-refractivity contribution < 1.29 is 28.9 Å². The maximum atomic E-state index is 13.7. The van der Waals surface area contributed by atoms with E-state index < -0.39 is 44.0 Å². The second-order valence-electron chi connectivity index (χ2n) is 13.0. The Hall–Kier alpha value is -2.88. The van der Waals surface area contributed by atoms with Crippen LogP contribution in [0.15, 0.2) is 18.2 Å². The predicted molar refractivity (Wildman–Crippen MR) is 123 cm³/mol.